The van der Waals surface area contributed by atoms with Gasteiger partial charge in [-0.05, 0) is 48.4 Å². The molecule has 2 bridgehead atoms. The van der Waals surface area contributed by atoms with Gasteiger partial charge < -0.3 is 50.0 Å². The van der Waals surface area contributed by atoms with Crippen molar-refractivity contribution >= 4 is 0 Å². The van der Waals surface area contributed by atoms with Gasteiger partial charge in [0.2, 0.25) is 0 Å². The third-order valence-electron chi connectivity index (χ3n) is 8.20. The van der Waals surface area contributed by atoms with E-state index in [2.05, 4.69) is 0 Å². The highest BCUT2D eigenvalue weighted by Gasteiger charge is 2.61. The van der Waals surface area contributed by atoms with E-state index < -0.39 is 42.0 Å². The number of aromatic hydroxyl groups is 4. The monoisotopic (exact) mass is 546 g/mol. The number of allylic oxidation sites excluding steroid dienone is 1. The van der Waals surface area contributed by atoms with Gasteiger partial charge in [0.25, 0.3) is 0 Å². The van der Waals surface area contributed by atoms with Gasteiger partial charge in [0, 0.05) is 40.8 Å². The molecule has 0 spiro atoms. The van der Waals surface area contributed by atoms with Crippen LogP contribution in [0.1, 0.15) is 35.1 Å². The van der Waals surface area contributed by atoms with E-state index in [-0.39, 0.29) is 52.1 Å². The molecule has 3 aromatic carbocycles. The predicted octanol–water partition coefficient (Wildman–Crippen LogP) is 2.88. The highest BCUT2D eigenvalue weighted by atomic mass is 16.7. The van der Waals surface area contributed by atoms with E-state index in [1.54, 1.807) is 18.2 Å². The maximum Gasteiger partial charge on any atom is 0.305 e. The quantitative estimate of drug-likeness (QED) is 0.254. The number of phenolic OH excluding ortho intramolecular Hbond substituents is 4. The van der Waals surface area contributed by atoms with Crippen molar-refractivity contribution in [2.75, 3.05) is 0 Å². The van der Waals surface area contributed by atoms with Crippen LogP contribution in [0.2, 0.25) is 0 Å². The summed E-state index contributed by atoms with van der Waals surface area (Å²) in [6.07, 6.45) is -2.73. The van der Waals surface area contributed by atoms with Crippen molar-refractivity contribution in [2.45, 2.75) is 42.5 Å². The second kappa shape index (κ2) is 8.56. The van der Waals surface area contributed by atoms with E-state index in [1.165, 1.54) is 42.5 Å². The molecule has 3 aromatic rings. The summed E-state index contributed by atoms with van der Waals surface area (Å²) < 4.78 is 18.8. The number of aliphatic hydroxyl groups is 3. The zero-order valence-electron chi connectivity index (χ0n) is 20.9. The van der Waals surface area contributed by atoms with Gasteiger partial charge in [0.15, 0.2) is 0 Å². The summed E-state index contributed by atoms with van der Waals surface area (Å²) in [5.74, 6) is -3.50. The van der Waals surface area contributed by atoms with Crippen LogP contribution >= 0.6 is 0 Å². The average Bonchev–Trinajstić information content (AvgIpc) is 2.90. The third-order valence-corrected chi connectivity index (χ3v) is 8.20. The van der Waals surface area contributed by atoms with Crippen LogP contribution in [0.3, 0.4) is 0 Å². The molecule has 7 atom stereocenters. The molecular formula is C30H26O10. The van der Waals surface area contributed by atoms with Crippen LogP contribution in [-0.4, -0.2) is 54.1 Å². The molecule has 1 fully saturated rings. The molecule has 10 nitrogen and oxygen atoms in total. The number of fused-ring (bicyclic) bond motifs is 6. The van der Waals surface area contributed by atoms with Crippen LogP contribution in [-0.2, 0) is 15.3 Å². The summed E-state index contributed by atoms with van der Waals surface area (Å²) in [5, 5.41) is 75.0. The number of rotatable bonds is 2. The first kappa shape index (κ1) is 24.6. The Kier molecular flexibility index (Phi) is 5.27. The normalized spacial score (nSPS) is 31.9. The molecule has 0 saturated carbocycles. The first-order chi connectivity index (χ1) is 19.2. The van der Waals surface area contributed by atoms with E-state index in [4.69, 9.17) is 14.2 Å². The van der Waals surface area contributed by atoms with Crippen molar-refractivity contribution in [1.82, 2.24) is 0 Å². The molecule has 3 aliphatic heterocycles. The minimum absolute atomic E-state index is 0.0131. The van der Waals surface area contributed by atoms with Gasteiger partial charge in [-0.3, -0.25) is 0 Å². The standard InChI is InChI=1S/C30H26O10/c31-15-5-1-13(2-6-15)28-20(35)11-18-21(38-28)12-23-25(27(18)36)26-24-19(34)9-17(33)10-22(24)39-30(40-23,29(26)37)14-3-7-16(32)8-4-14/h1-10,12,18,20,26-29,31-37H,11H2. The fraction of sp³-hybridized carbons (Fsp3) is 0.267. The smallest absolute Gasteiger partial charge is 0.305 e. The van der Waals surface area contributed by atoms with E-state index in [9.17, 15) is 35.7 Å². The summed E-state index contributed by atoms with van der Waals surface area (Å²) >= 11 is 0. The molecule has 7 unspecified atom stereocenters. The second-order valence-corrected chi connectivity index (χ2v) is 10.6. The lowest BCUT2D eigenvalue weighted by Gasteiger charge is -2.53. The van der Waals surface area contributed by atoms with Crippen molar-refractivity contribution in [1.29, 1.82) is 0 Å². The number of aliphatic hydroxyl groups excluding tert-OH is 3. The third kappa shape index (κ3) is 3.46. The Labute approximate surface area is 227 Å². The maximum absolute atomic E-state index is 11.8. The molecule has 1 aliphatic carbocycles. The Bertz CT molecular complexity index is 1560. The number of ether oxygens (including phenoxy) is 3. The fourth-order valence-electron chi connectivity index (χ4n) is 6.34. The summed E-state index contributed by atoms with van der Waals surface area (Å²) in [6.45, 7) is 0. The predicted molar refractivity (Wildman–Crippen MR) is 137 cm³/mol. The Morgan fingerprint density at radius 1 is 0.775 bits per heavy atom. The van der Waals surface area contributed by atoms with Crippen molar-refractivity contribution in [2.24, 2.45) is 5.92 Å². The maximum atomic E-state index is 11.8. The number of benzene rings is 3. The first-order valence-electron chi connectivity index (χ1n) is 12.8. The average molecular weight is 547 g/mol. The highest BCUT2D eigenvalue weighted by molar-refractivity contribution is 5.60. The van der Waals surface area contributed by atoms with Crippen molar-refractivity contribution in [3.8, 4) is 28.7 Å². The molecule has 206 valence electrons. The van der Waals surface area contributed by atoms with Crippen LogP contribution in [0, 0.1) is 5.92 Å². The van der Waals surface area contributed by atoms with Gasteiger partial charge in [-0.2, -0.15) is 0 Å². The summed E-state index contributed by atoms with van der Waals surface area (Å²) in [7, 11) is 0. The lowest BCUT2D eigenvalue weighted by Crippen LogP contribution is -2.57. The SMILES string of the molecule is Oc1ccc(C2OC3=CC4=C(C(O)C3CC2O)C2c3c(O)cc(O)cc3OC(c3ccc(O)cc3)(O4)C2O)cc1. The van der Waals surface area contributed by atoms with Crippen molar-refractivity contribution < 1.29 is 50.0 Å². The van der Waals surface area contributed by atoms with E-state index >= 15 is 0 Å². The number of hydrogen-bond donors (Lipinski definition) is 7. The number of hydrogen-bond acceptors (Lipinski definition) is 10. The van der Waals surface area contributed by atoms with Crippen molar-refractivity contribution in [3.63, 3.8) is 0 Å². The number of phenols is 4. The van der Waals surface area contributed by atoms with Crippen LogP contribution < -0.4 is 4.74 Å². The molecular weight excluding hydrogens is 520 g/mol. The van der Waals surface area contributed by atoms with E-state index in [1.807, 2.05) is 0 Å². The minimum atomic E-state index is -1.86. The molecule has 7 rings (SSSR count). The summed E-state index contributed by atoms with van der Waals surface area (Å²) in [5.41, 5.74) is 1.43. The van der Waals surface area contributed by atoms with Gasteiger partial charge in [-0.1, -0.05) is 12.1 Å². The topological polar surface area (TPSA) is 169 Å². The molecule has 1 saturated heterocycles. The van der Waals surface area contributed by atoms with Crippen molar-refractivity contribution in [3.05, 3.63) is 101 Å². The fourth-order valence-corrected chi connectivity index (χ4v) is 6.34. The zero-order chi connectivity index (χ0) is 27.9. The Hall–Kier alpha value is -4.38. The van der Waals surface area contributed by atoms with Gasteiger partial charge in [-0.25, -0.2) is 0 Å². The molecule has 0 amide bonds. The van der Waals surface area contributed by atoms with E-state index in [0.717, 1.165) is 6.07 Å². The Balaban J connectivity index is 1.39. The molecule has 0 aromatic heterocycles. The van der Waals surface area contributed by atoms with E-state index in [0.29, 0.717) is 16.9 Å². The zero-order valence-corrected chi connectivity index (χ0v) is 20.9. The minimum Gasteiger partial charge on any atom is -0.508 e. The van der Waals surface area contributed by atoms with Crippen LogP contribution in [0.15, 0.2) is 83.8 Å². The lowest BCUT2D eigenvalue weighted by atomic mass is 9.69. The van der Waals surface area contributed by atoms with Crippen LogP contribution in [0.25, 0.3) is 0 Å². The molecule has 3 heterocycles. The largest absolute Gasteiger partial charge is 0.508 e. The first-order valence-corrected chi connectivity index (χ1v) is 12.8. The van der Waals surface area contributed by atoms with Gasteiger partial charge >= 0.3 is 5.79 Å². The van der Waals surface area contributed by atoms with Crippen LogP contribution in [0.4, 0.5) is 0 Å². The molecule has 40 heavy (non-hydrogen) atoms. The molecule has 7 N–H and O–H groups in total. The van der Waals surface area contributed by atoms with Gasteiger partial charge in [0.1, 0.15) is 52.5 Å². The Morgan fingerprint density at radius 3 is 2.15 bits per heavy atom. The molecule has 10 heteroatoms. The highest BCUT2D eigenvalue weighted by Crippen LogP contribution is 2.60. The lowest BCUT2D eigenvalue weighted by molar-refractivity contribution is -0.251. The van der Waals surface area contributed by atoms with Crippen LogP contribution in [0.5, 0.6) is 28.7 Å². The summed E-state index contributed by atoms with van der Waals surface area (Å²) in [4.78, 5) is 0. The molecule has 4 aliphatic rings. The second-order valence-electron chi connectivity index (χ2n) is 10.6. The Morgan fingerprint density at radius 2 is 1.45 bits per heavy atom. The molecule has 0 radical (unpaired) electrons. The summed E-state index contributed by atoms with van der Waals surface area (Å²) in [6, 6.07) is 14.6. The van der Waals surface area contributed by atoms with Gasteiger partial charge in [-0.15, -0.1) is 0 Å². The van der Waals surface area contributed by atoms with Gasteiger partial charge in [0.05, 0.1) is 18.1 Å².